The molecule has 1 aliphatic carbocycles. The lowest BCUT2D eigenvalue weighted by atomic mass is 9.96. The summed E-state index contributed by atoms with van der Waals surface area (Å²) in [6, 6.07) is 0. The number of hydrogen-bond donors (Lipinski definition) is 0. The predicted molar refractivity (Wildman–Crippen MR) is 26.2 cm³/mol. The minimum absolute atomic E-state index is 0.715. The minimum Gasteiger partial charge on any atom is -0.217 e. The van der Waals surface area contributed by atoms with Crippen LogP contribution in [0.3, 0.4) is 0 Å². The van der Waals surface area contributed by atoms with Crippen molar-refractivity contribution in [1.82, 2.24) is 0 Å². The Morgan fingerprint density at radius 1 is 1.50 bits per heavy atom. The summed E-state index contributed by atoms with van der Waals surface area (Å²) in [6.07, 6.45) is 2.73. The number of alkyl halides is 1. The van der Waals surface area contributed by atoms with Crippen LogP contribution < -0.4 is 0 Å². The molecule has 0 aromatic carbocycles. The van der Waals surface area contributed by atoms with E-state index in [-0.39, 0.29) is 0 Å². The molecule has 0 atom stereocenters. The van der Waals surface area contributed by atoms with Gasteiger partial charge in [-0.25, -0.2) is 5.11 Å². The zero-order valence-corrected chi connectivity index (χ0v) is 4.99. The second-order valence-corrected chi connectivity index (χ2v) is 3.18. The Kier molecular flexibility index (Phi) is 0.922. The third-order valence-corrected chi connectivity index (χ3v) is 1.89. The molecule has 0 aromatic rings. The maximum Gasteiger partial charge on any atom is 0.158 e. The van der Waals surface area contributed by atoms with Gasteiger partial charge >= 0.3 is 0 Å². The molecule has 0 N–H and O–H groups in total. The van der Waals surface area contributed by atoms with Gasteiger partial charge in [-0.3, -0.25) is 0 Å². The predicted octanol–water partition coefficient (Wildman–Crippen LogP) is 1.69. The highest BCUT2D eigenvalue weighted by molar-refractivity contribution is 9.10. The van der Waals surface area contributed by atoms with E-state index in [1.165, 1.54) is 0 Å². The van der Waals surface area contributed by atoms with E-state index in [0.29, 0.717) is 0 Å². The summed E-state index contributed by atoms with van der Waals surface area (Å²) in [4.78, 5) is 0. The first-order valence-electron chi connectivity index (χ1n) is 2.10. The van der Waals surface area contributed by atoms with E-state index in [1.54, 1.807) is 0 Å². The van der Waals surface area contributed by atoms with Gasteiger partial charge in [-0.2, -0.15) is 0 Å². The first kappa shape index (κ1) is 4.60. The van der Waals surface area contributed by atoms with Crippen molar-refractivity contribution in [3.63, 3.8) is 0 Å². The second kappa shape index (κ2) is 1.20. The Labute approximate surface area is 45.5 Å². The SMILES string of the molecule is [O]C1(Br)CCC1. The van der Waals surface area contributed by atoms with Crippen LogP contribution in [0.15, 0.2) is 0 Å². The van der Waals surface area contributed by atoms with E-state index < -0.39 is 4.51 Å². The fourth-order valence-corrected chi connectivity index (χ4v) is 1.02. The van der Waals surface area contributed by atoms with Crippen molar-refractivity contribution in [2.24, 2.45) is 0 Å². The van der Waals surface area contributed by atoms with Crippen LogP contribution in [0, 0.1) is 0 Å². The van der Waals surface area contributed by atoms with E-state index in [0.717, 1.165) is 19.3 Å². The molecule has 0 bridgehead atoms. The van der Waals surface area contributed by atoms with E-state index in [1.807, 2.05) is 0 Å². The van der Waals surface area contributed by atoms with Crippen molar-refractivity contribution in [2.75, 3.05) is 0 Å². The monoisotopic (exact) mass is 149 g/mol. The molecule has 1 aliphatic rings. The van der Waals surface area contributed by atoms with Crippen LogP contribution in [0.2, 0.25) is 0 Å². The molecular weight excluding hydrogens is 144 g/mol. The standard InChI is InChI=1S/C4H6BrO/c5-4(6)2-1-3-4/h1-3H2. The quantitative estimate of drug-likeness (QED) is 0.468. The fourth-order valence-electron chi connectivity index (χ4n) is 0.455. The number of halogens is 1. The lowest BCUT2D eigenvalue weighted by molar-refractivity contribution is -0.00180. The smallest absolute Gasteiger partial charge is 0.158 e. The van der Waals surface area contributed by atoms with Crippen LogP contribution in [0.5, 0.6) is 0 Å². The second-order valence-electron chi connectivity index (χ2n) is 1.74. The molecule has 0 unspecified atom stereocenters. The van der Waals surface area contributed by atoms with Gasteiger partial charge in [-0.15, -0.1) is 0 Å². The molecule has 1 saturated carbocycles. The first-order chi connectivity index (χ1) is 2.71. The highest BCUT2D eigenvalue weighted by atomic mass is 79.9. The zero-order valence-electron chi connectivity index (χ0n) is 3.41. The van der Waals surface area contributed by atoms with Gasteiger partial charge in [0.2, 0.25) is 0 Å². The van der Waals surface area contributed by atoms with Gasteiger partial charge in [0, 0.05) is 0 Å². The van der Waals surface area contributed by atoms with Gasteiger partial charge in [0.1, 0.15) is 0 Å². The van der Waals surface area contributed by atoms with Gasteiger partial charge < -0.3 is 0 Å². The van der Waals surface area contributed by atoms with Crippen molar-refractivity contribution >= 4 is 15.9 Å². The molecular formula is C4H6BrO. The number of rotatable bonds is 0. The summed E-state index contributed by atoms with van der Waals surface area (Å²) in [5.41, 5.74) is 0. The normalized spacial score (nSPS) is 29.0. The largest absolute Gasteiger partial charge is 0.217 e. The minimum atomic E-state index is -0.715. The Morgan fingerprint density at radius 2 is 1.83 bits per heavy atom. The van der Waals surface area contributed by atoms with Crippen molar-refractivity contribution in [3.8, 4) is 0 Å². The highest BCUT2D eigenvalue weighted by Crippen LogP contribution is 2.37. The molecule has 2 heteroatoms. The van der Waals surface area contributed by atoms with E-state index in [2.05, 4.69) is 15.9 Å². The molecule has 0 aromatic heterocycles. The van der Waals surface area contributed by atoms with E-state index in [9.17, 15) is 5.11 Å². The molecule has 0 saturated heterocycles. The molecule has 1 fully saturated rings. The van der Waals surface area contributed by atoms with Gasteiger partial charge in [-0.05, 0) is 19.3 Å². The van der Waals surface area contributed by atoms with Gasteiger partial charge in [0.05, 0.1) is 0 Å². The molecule has 1 radical (unpaired) electrons. The van der Waals surface area contributed by atoms with Crippen molar-refractivity contribution in [2.45, 2.75) is 23.8 Å². The maximum absolute atomic E-state index is 10.5. The van der Waals surface area contributed by atoms with Crippen molar-refractivity contribution < 1.29 is 5.11 Å². The maximum atomic E-state index is 10.5. The van der Waals surface area contributed by atoms with Crippen LogP contribution in [0.4, 0.5) is 0 Å². The topological polar surface area (TPSA) is 19.9 Å². The molecule has 0 amide bonds. The molecule has 0 heterocycles. The Hall–Kier alpha value is 0.440. The fraction of sp³-hybridized carbons (Fsp3) is 1.00. The highest BCUT2D eigenvalue weighted by Gasteiger charge is 2.32. The molecule has 1 nitrogen and oxygen atoms in total. The third kappa shape index (κ3) is 0.738. The molecule has 0 spiro atoms. The molecule has 6 heavy (non-hydrogen) atoms. The van der Waals surface area contributed by atoms with Crippen LogP contribution in [-0.2, 0) is 5.11 Å². The first-order valence-corrected chi connectivity index (χ1v) is 2.89. The molecule has 1 rings (SSSR count). The van der Waals surface area contributed by atoms with Crippen LogP contribution >= 0.6 is 15.9 Å². The average molecular weight is 150 g/mol. The Morgan fingerprint density at radius 3 is 1.83 bits per heavy atom. The van der Waals surface area contributed by atoms with Crippen molar-refractivity contribution in [1.29, 1.82) is 0 Å². The van der Waals surface area contributed by atoms with Crippen LogP contribution in [0.25, 0.3) is 0 Å². The summed E-state index contributed by atoms with van der Waals surface area (Å²) in [7, 11) is 0. The summed E-state index contributed by atoms with van der Waals surface area (Å²) < 4.78 is -0.715. The Bertz CT molecular complexity index is 54.6. The lowest BCUT2D eigenvalue weighted by Crippen LogP contribution is -2.26. The lowest BCUT2D eigenvalue weighted by Gasteiger charge is -2.26. The Balaban J connectivity index is 2.31. The number of hydrogen-bond acceptors (Lipinski definition) is 0. The summed E-state index contributed by atoms with van der Waals surface area (Å²) >= 11 is 3.01. The zero-order chi connectivity index (χ0) is 4.62. The van der Waals surface area contributed by atoms with Crippen molar-refractivity contribution in [3.05, 3.63) is 0 Å². The summed E-state index contributed by atoms with van der Waals surface area (Å²) in [5.74, 6) is 0. The molecule has 35 valence electrons. The molecule has 0 aliphatic heterocycles. The van der Waals surface area contributed by atoms with Crippen LogP contribution in [-0.4, -0.2) is 4.51 Å². The third-order valence-electron chi connectivity index (χ3n) is 1.10. The summed E-state index contributed by atoms with van der Waals surface area (Å²) in [5, 5.41) is 10.5. The van der Waals surface area contributed by atoms with Gasteiger partial charge in [-0.1, -0.05) is 15.9 Å². The van der Waals surface area contributed by atoms with E-state index >= 15 is 0 Å². The van der Waals surface area contributed by atoms with Gasteiger partial charge in [0.25, 0.3) is 0 Å². The van der Waals surface area contributed by atoms with Gasteiger partial charge in [0.15, 0.2) is 4.51 Å². The summed E-state index contributed by atoms with van der Waals surface area (Å²) in [6.45, 7) is 0. The average Bonchev–Trinajstić information content (AvgIpc) is 1.32. The van der Waals surface area contributed by atoms with Crippen LogP contribution in [0.1, 0.15) is 19.3 Å². The van der Waals surface area contributed by atoms with E-state index in [4.69, 9.17) is 0 Å².